The standard InChI is InChI=1S/C6H9ClO2/c1-5(2)3-4-9-6(7)8/h3H,4H2,1-2H3. The summed E-state index contributed by atoms with van der Waals surface area (Å²) in [5, 5.41) is 0. The van der Waals surface area contributed by atoms with Crippen molar-refractivity contribution in [2.24, 2.45) is 0 Å². The molecule has 52 valence electrons. The normalized spacial score (nSPS) is 8.33. The van der Waals surface area contributed by atoms with E-state index in [-0.39, 0.29) is 6.61 Å². The lowest BCUT2D eigenvalue weighted by atomic mass is 10.3. The van der Waals surface area contributed by atoms with E-state index in [9.17, 15) is 4.79 Å². The molecule has 0 bridgehead atoms. The summed E-state index contributed by atoms with van der Waals surface area (Å²) in [6.45, 7) is 4.11. The van der Waals surface area contributed by atoms with E-state index in [4.69, 9.17) is 11.6 Å². The summed E-state index contributed by atoms with van der Waals surface area (Å²) < 4.78 is 4.40. The maximum absolute atomic E-state index is 9.94. The first-order valence-corrected chi connectivity index (χ1v) is 2.96. The molecule has 0 atom stereocenters. The summed E-state index contributed by atoms with van der Waals surface area (Å²) >= 11 is 4.87. The summed E-state index contributed by atoms with van der Waals surface area (Å²) in [6.07, 6.45) is 1.78. The van der Waals surface area contributed by atoms with Crippen molar-refractivity contribution in [3.05, 3.63) is 11.6 Å². The molecule has 0 saturated carbocycles. The van der Waals surface area contributed by atoms with Gasteiger partial charge >= 0.3 is 5.43 Å². The van der Waals surface area contributed by atoms with Gasteiger partial charge in [0, 0.05) is 11.6 Å². The van der Waals surface area contributed by atoms with Crippen LogP contribution in [-0.2, 0) is 4.74 Å². The third-order valence-electron chi connectivity index (χ3n) is 0.688. The van der Waals surface area contributed by atoms with Crippen molar-refractivity contribution in [1.82, 2.24) is 0 Å². The fraction of sp³-hybridized carbons (Fsp3) is 0.500. The van der Waals surface area contributed by atoms with Crippen molar-refractivity contribution >= 4 is 17.0 Å². The first-order valence-electron chi connectivity index (χ1n) is 2.58. The minimum atomic E-state index is -0.757. The van der Waals surface area contributed by atoms with Crippen LogP contribution in [-0.4, -0.2) is 12.0 Å². The summed E-state index contributed by atoms with van der Waals surface area (Å²) in [6, 6.07) is 0. The van der Waals surface area contributed by atoms with Crippen molar-refractivity contribution in [2.75, 3.05) is 6.61 Å². The third-order valence-corrected chi connectivity index (χ3v) is 0.798. The predicted molar refractivity (Wildman–Crippen MR) is 36.6 cm³/mol. The predicted octanol–water partition coefficient (Wildman–Crippen LogP) is 2.33. The van der Waals surface area contributed by atoms with Gasteiger partial charge in [-0.2, -0.15) is 0 Å². The van der Waals surface area contributed by atoms with Crippen LogP contribution in [0.3, 0.4) is 0 Å². The molecule has 0 unspecified atom stereocenters. The lowest BCUT2D eigenvalue weighted by Gasteiger charge is -1.92. The third kappa shape index (κ3) is 7.50. The van der Waals surface area contributed by atoms with Crippen LogP contribution in [0.4, 0.5) is 4.79 Å². The topological polar surface area (TPSA) is 26.3 Å². The molecule has 0 aliphatic carbocycles. The molecule has 0 spiro atoms. The zero-order valence-electron chi connectivity index (χ0n) is 5.48. The molecule has 0 saturated heterocycles. The van der Waals surface area contributed by atoms with Gasteiger partial charge in [0.2, 0.25) is 0 Å². The van der Waals surface area contributed by atoms with Crippen LogP contribution >= 0.6 is 11.6 Å². The van der Waals surface area contributed by atoms with Crippen LogP contribution in [0, 0.1) is 0 Å². The molecule has 2 nitrogen and oxygen atoms in total. The first-order chi connectivity index (χ1) is 4.13. The minimum Gasteiger partial charge on any atom is -0.449 e. The van der Waals surface area contributed by atoms with Crippen LogP contribution in [0.2, 0.25) is 0 Å². The molecule has 0 aromatic heterocycles. The fourth-order valence-electron chi connectivity index (χ4n) is 0.274. The average Bonchev–Trinajstić information content (AvgIpc) is 1.63. The summed E-state index contributed by atoms with van der Waals surface area (Å²) in [5.41, 5.74) is 0.348. The molecule has 0 N–H and O–H groups in total. The highest BCUT2D eigenvalue weighted by Crippen LogP contribution is 1.91. The van der Waals surface area contributed by atoms with Gasteiger partial charge < -0.3 is 4.74 Å². The quantitative estimate of drug-likeness (QED) is 0.444. The van der Waals surface area contributed by atoms with Crippen molar-refractivity contribution in [2.45, 2.75) is 13.8 Å². The molecule has 9 heavy (non-hydrogen) atoms. The minimum absolute atomic E-state index is 0.269. The fourth-order valence-corrected chi connectivity index (χ4v) is 0.337. The summed E-state index contributed by atoms with van der Waals surface area (Å²) in [5.74, 6) is 0. The second-order valence-electron chi connectivity index (χ2n) is 1.83. The van der Waals surface area contributed by atoms with E-state index in [1.165, 1.54) is 0 Å². The lowest BCUT2D eigenvalue weighted by molar-refractivity contribution is 0.186. The monoisotopic (exact) mass is 148 g/mol. The van der Waals surface area contributed by atoms with E-state index >= 15 is 0 Å². The molecule has 0 amide bonds. The number of carbonyl (C=O) groups excluding carboxylic acids is 1. The molecule has 0 rings (SSSR count). The zero-order valence-corrected chi connectivity index (χ0v) is 6.23. The van der Waals surface area contributed by atoms with Crippen LogP contribution in [0.25, 0.3) is 0 Å². The number of ether oxygens (including phenoxy) is 1. The largest absolute Gasteiger partial charge is 0.449 e. The highest BCUT2D eigenvalue weighted by molar-refractivity contribution is 6.61. The van der Waals surface area contributed by atoms with Crippen molar-refractivity contribution in [1.29, 1.82) is 0 Å². The number of hydrogen-bond donors (Lipinski definition) is 0. The Labute approximate surface area is 59.5 Å². The Morgan fingerprint density at radius 3 is 2.56 bits per heavy atom. The van der Waals surface area contributed by atoms with E-state index < -0.39 is 5.43 Å². The Morgan fingerprint density at radius 2 is 2.22 bits per heavy atom. The molecule has 0 fully saturated rings. The Morgan fingerprint density at radius 1 is 1.67 bits per heavy atom. The zero-order chi connectivity index (χ0) is 7.28. The number of halogens is 1. The van der Waals surface area contributed by atoms with Gasteiger partial charge in [-0.3, -0.25) is 0 Å². The summed E-state index contributed by atoms with van der Waals surface area (Å²) in [7, 11) is 0. The summed E-state index contributed by atoms with van der Waals surface area (Å²) in [4.78, 5) is 9.94. The van der Waals surface area contributed by atoms with Crippen LogP contribution in [0.15, 0.2) is 11.6 Å². The smallest absolute Gasteiger partial charge is 0.404 e. The number of allylic oxidation sites excluding steroid dienone is 1. The Balaban J connectivity index is 3.31. The van der Waals surface area contributed by atoms with Gasteiger partial charge in [-0.15, -0.1) is 0 Å². The van der Waals surface area contributed by atoms with Crippen molar-refractivity contribution < 1.29 is 9.53 Å². The van der Waals surface area contributed by atoms with Gasteiger partial charge in [0.1, 0.15) is 6.61 Å². The molecular formula is C6H9ClO2. The van der Waals surface area contributed by atoms with Crippen molar-refractivity contribution in [3.8, 4) is 0 Å². The van der Waals surface area contributed by atoms with Gasteiger partial charge in [-0.1, -0.05) is 5.57 Å². The van der Waals surface area contributed by atoms with Gasteiger partial charge in [-0.05, 0) is 19.9 Å². The molecule has 3 heteroatoms. The van der Waals surface area contributed by atoms with Crippen LogP contribution in [0.5, 0.6) is 0 Å². The van der Waals surface area contributed by atoms with E-state index in [0.29, 0.717) is 0 Å². The maximum atomic E-state index is 9.94. The van der Waals surface area contributed by atoms with Crippen LogP contribution < -0.4 is 0 Å². The lowest BCUT2D eigenvalue weighted by Crippen LogP contribution is -1.92. The second-order valence-corrected chi connectivity index (χ2v) is 2.14. The second kappa shape index (κ2) is 4.39. The first kappa shape index (κ1) is 8.50. The van der Waals surface area contributed by atoms with E-state index in [1.54, 1.807) is 6.08 Å². The highest BCUT2D eigenvalue weighted by atomic mass is 35.5. The van der Waals surface area contributed by atoms with Gasteiger partial charge in [0.15, 0.2) is 0 Å². The SMILES string of the molecule is CC(C)=CCOC(=O)Cl. The van der Waals surface area contributed by atoms with E-state index in [2.05, 4.69) is 4.74 Å². The number of hydrogen-bond acceptors (Lipinski definition) is 2. The molecule has 0 aliphatic rings. The van der Waals surface area contributed by atoms with Gasteiger partial charge in [0.25, 0.3) is 0 Å². The molecule has 0 heterocycles. The van der Waals surface area contributed by atoms with Crippen molar-refractivity contribution in [3.63, 3.8) is 0 Å². The molecular weight excluding hydrogens is 140 g/mol. The number of rotatable bonds is 2. The van der Waals surface area contributed by atoms with E-state index in [1.807, 2.05) is 13.8 Å². The van der Waals surface area contributed by atoms with Crippen LogP contribution in [0.1, 0.15) is 13.8 Å². The Bertz CT molecular complexity index is 125. The Kier molecular flexibility index (Phi) is 4.14. The number of carbonyl (C=O) groups is 1. The average molecular weight is 149 g/mol. The van der Waals surface area contributed by atoms with E-state index in [0.717, 1.165) is 5.57 Å². The molecule has 0 aromatic carbocycles. The molecule has 0 aromatic rings. The Hall–Kier alpha value is -0.500. The van der Waals surface area contributed by atoms with Gasteiger partial charge in [0.05, 0.1) is 0 Å². The maximum Gasteiger partial charge on any atom is 0.404 e. The van der Waals surface area contributed by atoms with Gasteiger partial charge in [-0.25, -0.2) is 4.79 Å². The molecule has 0 aliphatic heterocycles. The molecule has 0 radical (unpaired) electrons. The highest BCUT2D eigenvalue weighted by Gasteiger charge is 1.89.